The maximum Gasteiger partial charge on any atom is 0.166 e. The van der Waals surface area contributed by atoms with E-state index in [0.29, 0.717) is 43.1 Å². The molecule has 2 fully saturated rings. The van der Waals surface area contributed by atoms with Crippen molar-refractivity contribution in [2.75, 3.05) is 19.8 Å². The summed E-state index contributed by atoms with van der Waals surface area (Å²) >= 11 is 0. The highest BCUT2D eigenvalue weighted by Gasteiger charge is 2.47. The van der Waals surface area contributed by atoms with Crippen molar-refractivity contribution < 1.29 is 33.5 Å². The number of fused-ring (bicyclic) bond motifs is 1. The Morgan fingerprint density at radius 3 is 2.27 bits per heavy atom. The zero-order valence-electron chi connectivity index (χ0n) is 23.0. The van der Waals surface area contributed by atoms with E-state index in [-0.39, 0.29) is 11.6 Å². The molecule has 0 radical (unpaired) electrons. The topological polar surface area (TPSA) is 106 Å². The fourth-order valence-electron chi connectivity index (χ4n) is 6.35. The highest BCUT2D eigenvalue weighted by Crippen LogP contribution is 2.41. The molecule has 1 aromatic heterocycles. The normalized spacial score (nSPS) is 21.2. The molecule has 40 heavy (non-hydrogen) atoms. The van der Waals surface area contributed by atoms with Crippen LogP contribution in [-0.4, -0.2) is 48.0 Å². The van der Waals surface area contributed by atoms with Crippen LogP contribution < -0.4 is 19.5 Å². The monoisotopic (exact) mass is 549 g/mol. The van der Waals surface area contributed by atoms with Crippen LogP contribution in [0.2, 0.25) is 0 Å². The van der Waals surface area contributed by atoms with E-state index in [1.807, 2.05) is 13.8 Å². The summed E-state index contributed by atoms with van der Waals surface area (Å²) in [5.74, 6) is 2.42. The van der Waals surface area contributed by atoms with Gasteiger partial charge in [0, 0.05) is 43.2 Å². The largest absolute Gasteiger partial charge is 0.554 e. The van der Waals surface area contributed by atoms with Crippen LogP contribution in [0.15, 0.2) is 55.1 Å². The number of aromatic nitrogens is 2. The lowest BCUT2D eigenvalue weighted by Crippen LogP contribution is -3.12. The van der Waals surface area contributed by atoms with E-state index in [4.69, 9.17) is 19.4 Å². The number of quaternary nitrogens is 1. The Morgan fingerprint density at radius 2 is 1.68 bits per heavy atom. The first-order valence-corrected chi connectivity index (χ1v) is 13.9. The van der Waals surface area contributed by atoms with E-state index in [0.717, 1.165) is 55.0 Å². The van der Waals surface area contributed by atoms with Gasteiger partial charge in [-0.25, -0.2) is 14.4 Å². The Kier molecular flexibility index (Phi) is 10.2. The molecule has 2 unspecified atom stereocenters. The average molecular weight is 550 g/mol. The van der Waals surface area contributed by atoms with E-state index >= 15 is 0 Å². The van der Waals surface area contributed by atoms with Gasteiger partial charge in [0.2, 0.25) is 0 Å². The second kappa shape index (κ2) is 14.0. The van der Waals surface area contributed by atoms with Crippen molar-refractivity contribution >= 4 is 12.3 Å². The zero-order valence-corrected chi connectivity index (χ0v) is 23.0. The molecule has 8 nitrogen and oxygen atoms in total. The van der Waals surface area contributed by atoms with Gasteiger partial charge in [0.1, 0.15) is 30.2 Å². The predicted molar refractivity (Wildman–Crippen MR) is 145 cm³/mol. The molecule has 4 atom stereocenters. The summed E-state index contributed by atoms with van der Waals surface area (Å²) in [6.07, 6.45) is 8.67. The van der Waals surface area contributed by atoms with Crippen molar-refractivity contribution in [2.45, 2.75) is 52.1 Å². The first-order valence-electron chi connectivity index (χ1n) is 13.9. The molecule has 2 aliphatic rings. The number of ketones is 1. The fraction of sp³-hybridized carbons (Fsp3) is 0.419. The van der Waals surface area contributed by atoms with Crippen LogP contribution in [0, 0.1) is 17.7 Å². The molecule has 1 saturated heterocycles. The van der Waals surface area contributed by atoms with Crippen molar-refractivity contribution in [3.05, 3.63) is 72.1 Å². The molecule has 2 aromatic carbocycles. The van der Waals surface area contributed by atoms with Crippen LogP contribution in [0.3, 0.4) is 0 Å². The van der Waals surface area contributed by atoms with Crippen LogP contribution in [0.4, 0.5) is 4.39 Å². The maximum absolute atomic E-state index is 13.6. The quantitative estimate of drug-likeness (QED) is 0.306. The van der Waals surface area contributed by atoms with Crippen LogP contribution >= 0.6 is 0 Å². The molecule has 1 N–H and O–H groups in total. The predicted octanol–water partition coefficient (Wildman–Crippen LogP) is 2.90. The van der Waals surface area contributed by atoms with E-state index in [1.165, 1.54) is 24.0 Å². The number of nitrogens with zero attached hydrogens (tertiary/aromatic N) is 2. The van der Waals surface area contributed by atoms with Gasteiger partial charge in [-0.05, 0) is 62.4 Å². The minimum absolute atomic E-state index is 0.152. The number of rotatable bonds is 10. The summed E-state index contributed by atoms with van der Waals surface area (Å²) in [6.45, 7) is 6.50. The summed E-state index contributed by atoms with van der Waals surface area (Å²) in [5.41, 5.74) is 3.53. The fourth-order valence-corrected chi connectivity index (χ4v) is 6.35. The number of Topliss-reactive ketones (excluding diaryl/α,β-unsaturated/α-hetero) is 1. The molecule has 0 amide bonds. The van der Waals surface area contributed by atoms with Gasteiger partial charge in [-0.2, -0.15) is 0 Å². The number of halogens is 1. The number of benzene rings is 2. The number of likely N-dealkylation sites (tertiary alicyclic amines) is 1. The van der Waals surface area contributed by atoms with Crippen LogP contribution in [-0.2, 0) is 11.3 Å². The van der Waals surface area contributed by atoms with Crippen LogP contribution in [0.25, 0.3) is 11.1 Å². The van der Waals surface area contributed by atoms with Gasteiger partial charge in [0.25, 0.3) is 0 Å². The van der Waals surface area contributed by atoms with Crippen LogP contribution in [0.1, 0.15) is 55.5 Å². The summed E-state index contributed by atoms with van der Waals surface area (Å²) in [4.78, 5) is 30.6. The van der Waals surface area contributed by atoms with Gasteiger partial charge < -0.3 is 24.3 Å². The Bertz CT molecular complexity index is 1240. The maximum atomic E-state index is 13.6. The van der Waals surface area contributed by atoms with E-state index in [9.17, 15) is 9.18 Å². The minimum Gasteiger partial charge on any atom is -0.554 e. The van der Waals surface area contributed by atoms with Gasteiger partial charge in [0.15, 0.2) is 5.78 Å². The smallest absolute Gasteiger partial charge is 0.166 e. The minimum atomic E-state index is -0.500. The second-order valence-electron chi connectivity index (χ2n) is 10.2. The lowest BCUT2D eigenvalue weighted by Gasteiger charge is -2.23. The van der Waals surface area contributed by atoms with Gasteiger partial charge >= 0.3 is 0 Å². The molecule has 0 spiro atoms. The third-order valence-corrected chi connectivity index (χ3v) is 7.91. The molecule has 9 heteroatoms. The third-order valence-electron chi connectivity index (χ3n) is 7.91. The lowest BCUT2D eigenvalue weighted by molar-refractivity contribution is -0.927. The van der Waals surface area contributed by atoms with Crippen molar-refractivity contribution in [3.63, 3.8) is 0 Å². The highest BCUT2D eigenvalue weighted by molar-refractivity contribution is 5.95. The molecule has 1 saturated carbocycles. The molecule has 1 aliphatic heterocycles. The van der Waals surface area contributed by atoms with E-state index in [1.54, 1.807) is 29.4 Å². The summed E-state index contributed by atoms with van der Waals surface area (Å²) in [6, 6.07) is 11.3. The standard InChI is InChI=1S/C30H34FN3O3.CH2O2/c1-3-36-28-13-20(14-29(37-4-2)30(28)21-5-8-24(31)9-6-21)18-34-12-11-25-22(7-10-26(25)34)15-27(35)23-16-32-19-33-17-23;2-1-3/h5-6,8-9,13-14,16-17,19,22,25-26H,3-4,7,10-12,15,18H2,1-2H3;1H,(H,2,3)/t22?,25-,26+;/m0./s1. The van der Waals surface area contributed by atoms with Gasteiger partial charge in [-0.3, -0.25) is 4.79 Å². The molecular weight excluding hydrogens is 513 g/mol. The molecular formula is C31H36FN3O5. The third kappa shape index (κ3) is 6.83. The average Bonchev–Trinajstić information content (AvgIpc) is 3.54. The first-order chi connectivity index (χ1) is 19.5. The Balaban J connectivity index is 0.00000118. The first kappa shape index (κ1) is 29.1. The number of carboxylic acid groups (broad SMARTS) is 1. The van der Waals surface area contributed by atoms with Crippen molar-refractivity contribution in [1.29, 1.82) is 0 Å². The number of hydrogen-bond donors (Lipinski definition) is 1. The molecule has 212 valence electrons. The van der Waals surface area contributed by atoms with E-state index < -0.39 is 6.47 Å². The zero-order chi connectivity index (χ0) is 28.5. The summed E-state index contributed by atoms with van der Waals surface area (Å²) < 4.78 is 25.7. The highest BCUT2D eigenvalue weighted by atomic mass is 19.1. The second-order valence-corrected chi connectivity index (χ2v) is 10.2. The van der Waals surface area contributed by atoms with Gasteiger partial charge in [0.05, 0.1) is 36.9 Å². The summed E-state index contributed by atoms with van der Waals surface area (Å²) in [7, 11) is 0. The van der Waals surface area contributed by atoms with Crippen molar-refractivity contribution in [2.24, 2.45) is 11.8 Å². The Morgan fingerprint density at radius 1 is 1.05 bits per heavy atom. The number of nitrogens with one attached hydrogen (secondary N) is 1. The van der Waals surface area contributed by atoms with Crippen molar-refractivity contribution in [3.8, 4) is 22.6 Å². The number of ether oxygens (including phenoxy) is 2. The molecule has 2 heterocycles. The number of carbonyl (C=O) groups excluding carboxylic acids is 2. The molecule has 0 bridgehead atoms. The summed E-state index contributed by atoms with van der Waals surface area (Å²) in [5, 5.41) is 8.25. The Labute approximate surface area is 234 Å². The number of hydrogen-bond acceptors (Lipinski definition) is 7. The van der Waals surface area contributed by atoms with Gasteiger partial charge in [-0.1, -0.05) is 12.1 Å². The van der Waals surface area contributed by atoms with Crippen LogP contribution in [0.5, 0.6) is 11.5 Å². The van der Waals surface area contributed by atoms with Gasteiger partial charge in [-0.15, -0.1) is 0 Å². The Hall–Kier alpha value is -3.85. The SMILES string of the molecule is CCOc1cc(C[NH+]2CC[C@H]3C(CC(=O)c4cncnc4)CC[C@H]32)cc(OCC)c1-c1ccc(F)cc1.O=C[O-]. The van der Waals surface area contributed by atoms with E-state index in [2.05, 4.69) is 22.1 Å². The van der Waals surface area contributed by atoms with Crippen molar-refractivity contribution in [1.82, 2.24) is 9.97 Å². The molecule has 1 aliphatic carbocycles. The lowest BCUT2D eigenvalue weighted by atomic mass is 9.88. The number of carbonyl (C=O) groups is 2. The molecule has 5 rings (SSSR count). The molecule has 3 aromatic rings.